The molecule has 0 fully saturated rings. The van der Waals surface area contributed by atoms with Gasteiger partial charge in [0.25, 0.3) is 0 Å². The van der Waals surface area contributed by atoms with Gasteiger partial charge in [-0.25, -0.2) is 0 Å². The van der Waals surface area contributed by atoms with E-state index in [1.54, 1.807) is 0 Å². The summed E-state index contributed by atoms with van der Waals surface area (Å²) in [5.41, 5.74) is 1.88. The number of nitrogens with one attached hydrogen (secondary N) is 1. The van der Waals surface area contributed by atoms with Gasteiger partial charge in [-0.2, -0.15) is 0 Å². The first-order valence-electron chi connectivity index (χ1n) is 4.48. The molecule has 0 aliphatic rings. The van der Waals surface area contributed by atoms with Crippen LogP contribution in [0.25, 0.3) is 0 Å². The van der Waals surface area contributed by atoms with Crippen molar-refractivity contribution in [3.05, 3.63) is 29.8 Å². The van der Waals surface area contributed by atoms with E-state index in [9.17, 15) is 9.59 Å². The van der Waals surface area contributed by atoms with E-state index in [1.165, 1.54) is 6.92 Å². The highest BCUT2D eigenvalue weighted by molar-refractivity contribution is 5.80. The number of aldehydes is 1. The Kier molecular flexibility index (Phi) is 3.85. The summed E-state index contributed by atoms with van der Waals surface area (Å²) in [5.74, 6) is 0.0990. The fourth-order valence-corrected chi connectivity index (χ4v) is 1.08. The Morgan fingerprint density at radius 3 is 2.50 bits per heavy atom. The summed E-state index contributed by atoms with van der Waals surface area (Å²) >= 11 is 0. The Morgan fingerprint density at radius 2 is 2.00 bits per heavy atom. The Labute approximate surface area is 83.1 Å². The van der Waals surface area contributed by atoms with Crippen LogP contribution in [0.4, 0.5) is 5.69 Å². The number of benzene rings is 1. The van der Waals surface area contributed by atoms with Crippen molar-refractivity contribution in [3.8, 4) is 0 Å². The van der Waals surface area contributed by atoms with E-state index in [2.05, 4.69) is 5.32 Å². The minimum atomic E-state index is 0.0990. The molecule has 0 spiro atoms. The maximum atomic E-state index is 10.7. The van der Waals surface area contributed by atoms with Crippen LogP contribution in [0.3, 0.4) is 0 Å². The van der Waals surface area contributed by atoms with Crippen molar-refractivity contribution >= 4 is 17.8 Å². The number of Topliss-reactive ketones (excluding diaryl/α,β-unsaturated/α-hetero) is 1. The number of hydrogen-bond acceptors (Lipinski definition) is 3. The SMILES string of the molecule is CC(=O)CNc1ccc(CC=O)cc1. The van der Waals surface area contributed by atoms with Crippen LogP contribution in [0.5, 0.6) is 0 Å². The first-order chi connectivity index (χ1) is 6.72. The fraction of sp³-hybridized carbons (Fsp3) is 0.273. The van der Waals surface area contributed by atoms with Crippen LogP contribution in [-0.4, -0.2) is 18.6 Å². The lowest BCUT2D eigenvalue weighted by Crippen LogP contribution is -2.09. The van der Waals surface area contributed by atoms with E-state index in [0.29, 0.717) is 13.0 Å². The molecule has 0 saturated carbocycles. The lowest BCUT2D eigenvalue weighted by atomic mass is 10.1. The number of hydrogen-bond donors (Lipinski definition) is 1. The van der Waals surface area contributed by atoms with Crippen molar-refractivity contribution in [2.75, 3.05) is 11.9 Å². The first kappa shape index (κ1) is 10.4. The Morgan fingerprint density at radius 1 is 1.36 bits per heavy atom. The molecule has 0 aromatic heterocycles. The number of ketones is 1. The van der Waals surface area contributed by atoms with Gasteiger partial charge in [-0.3, -0.25) is 4.79 Å². The quantitative estimate of drug-likeness (QED) is 0.716. The molecule has 3 nitrogen and oxygen atoms in total. The van der Waals surface area contributed by atoms with Gasteiger partial charge in [0.1, 0.15) is 12.1 Å². The summed E-state index contributed by atoms with van der Waals surface area (Å²) in [4.78, 5) is 20.9. The van der Waals surface area contributed by atoms with Gasteiger partial charge in [-0.15, -0.1) is 0 Å². The van der Waals surface area contributed by atoms with Gasteiger partial charge in [-0.1, -0.05) is 12.1 Å². The molecular weight excluding hydrogens is 178 g/mol. The molecule has 14 heavy (non-hydrogen) atoms. The van der Waals surface area contributed by atoms with Gasteiger partial charge < -0.3 is 10.1 Å². The zero-order valence-electron chi connectivity index (χ0n) is 8.12. The Bertz CT molecular complexity index is 317. The van der Waals surface area contributed by atoms with Crippen molar-refractivity contribution in [3.63, 3.8) is 0 Å². The second-order valence-electron chi connectivity index (χ2n) is 3.12. The molecule has 0 atom stereocenters. The van der Waals surface area contributed by atoms with Gasteiger partial charge in [-0.05, 0) is 24.6 Å². The lowest BCUT2D eigenvalue weighted by Gasteiger charge is -2.03. The van der Waals surface area contributed by atoms with Crippen molar-refractivity contribution in [1.29, 1.82) is 0 Å². The number of carbonyl (C=O) groups excluding carboxylic acids is 2. The molecule has 0 unspecified atom stereocenters. The number of anilines is 1. The Balaban J connectivity index is 2.54. The highest BCUT2D eigenvalue weighted by Gasteiger charge is 1.95. The normalized spacial score (nSPS) is 9.50. The molecule has 1 aromatic rings. The van der Waals surface area contributed by atoms with Crippen molar-refractivity contribution in [2.45, 2.75) is 13.3 Å². The maximum Gasteiger partial charge on any atom is 0.148 e. The number of rotatable bonds is 5. The zero-order chi connectivity index (χ0) is 10.4. The summed E-state index contributed by atoms with van der Waals surface area (Å²) in [6, 6.07) is 7.47. The predicted molar refractivity (Wildman–Crippen MR) is 55.4 cm³/mol. The van der Waals surface area contributed by atoms with Gasteiger partial charge in [0.05, 0.1) is 6.54 Å². The van der Waals surface area contributed by atoms with Gasteiger partial charge in [0.2, 0.25) is 0 Å². The fourth-order valence-electron chi connectivity index (χ4n) is 1.08. The van der Waals surface area contributed by atoms with E-state index in [-0.39, 0.29) is 5.78 Å². The molecule has 1 N–H and O–H groups in total. The monoisotopic (exact) mass is 191 g/mol. The van der Waals surface area contributed by atoms with E-state index in [0.717, 1.165) is 17.5 Å². The minimum absolute atomic E-state index is 0.0990. The second-order valence-corrected chi connectivity index (χ2v) is 3.12. The van der Waals surface area contributed by atoms with E-state index >= 15 is 0 Å². The molecule has 0 aliphatic heterocycles. The maximum absolute atomic E-state index is 10.7. The van der Waals surface area contributed by atoms with Crippen LogP contribution in [0.1, 0.15) is 12.5 Å². The van der Waals surface area contributed by atoms with Crippen molar-refractivity contribution in [1.82, 2.24) is 0 Å². The van der Waals surface area contributed by atoms with Crippen LogP contribution >= 0.6 is 0 Å². The molecule has 74 valence electrons. The smallest absolute Gasteiger partial charge is 0.148 e. The summed E-state index contributed by atoms with van der Waals surface area (Å²) in [6.45, 7) is 1.88. The third-order valence-corrected chi connectivity index (χ3v) is 1.81. The lowest BCUT2D eigenvalue weighted by molar-refractivity contribution is -0.115. The molecule has 0 heterocycles. The van der Waals surface area contributed by atoms with E-state index in [1.807, 2.05) is 24.3 Å². The topological polar surface area (TPSA) is 46.2 Å². The molecular formula is C11H13NO2. The zero-order valence-corrected chi connectivity index (χ0v) is 8.12. The highest BCUT2D eigenvalue weighted by atomic mass is 16.1. The third kappa shape index (κ3) is 3.39. The van der Waals surface area contributed by atoms with Gasteiger partial charge in [0.15, 0.2) is 0 Å². The number of carbonyl (C=O) groups is 2. The van der Waals surface area contributed by atoms with Crippen molar-refractivity contribution in [2.24, 2.45) is 0 Å². The van der Waals surface area contributed by atoms with Crippen LogP contribution in [0.15, 0.2) is 24.3 Å². The molecule has 0 amide bonds. The Hall–Kier alpha value is -1.64. The summed E-state index contributed by atoms with van der Waals surface area (Å²) in [7, 11) is 0. The molecule has 0 saturated heterocycles. The van der Waals surface area contributed by atoms with Crippen LogP contribution in [0.2, 0.25) is 0 Å². The summed E-state index contributed by atoms with van der Waals surface area (Å²) in [6.07, 6.45) is 1.31. The molecule has 0 aliphatic carbocycles. The first-order valence-corrected chi connectivity index (χ1v) is 4.48. The minimum Gasteiger partial charge on any atom is -0.378 e. The standard InChI is InChI=1S/C11H13NO2/c1-9(14)8-12-11-4-2-10(3-5-11)6-7-13/h2-5,7,12H,6,8H2,1H3. The average molecular weight is 191 g/mol. The molecule has 0 radical (unpaired) electrons. The summed E-state index contributed by atoms with van der Waals surface area (Å²) in [5, 5.41) is 2.98. The third-order valence-electron chi connectivity index (χ3n) is 1.81. The predicted octanol–water partition coefficient (Wildman–Crippen LogP) is 1.43. The summed E-state index contributed by atoms with van der Waals surface area (Å²) < 4.78 is 0. The van der Waals surface area contributed by atoms with Crippen LogP contribution in [-0.2, 0) is 16.0 Å². The largest absolute Gasteiger partial charge is 0.378 e. The van der Waals surface area contributed by atoms with Gasteiger partial charge >= 0.3 is 0 Å². The average Bonchev–Trinajstić information content (AvgIpc) is 2.17. The van der Waals surface area contributed by atoms with Crippen LogP contribution in [0, 0.1) is 0 Å². The van der Waals surface area contributed by atoms with Crippen LogP contribution < -0.4 is 5.32 Å². The van der Waals surface area contributed by atoms with E-state index < -0.39 is 0 Å². The molecule has 3 heteroatoms. The molecule has 1 aromatic carbocycles. The van der Waals surface area contributed by atoms with Gasteiger partial charge in [0, 0.05) is 12.1 Å². The second kappa shape index (κ2) is 5.17. The highest BCUT2D eigenvalue weighted by Crippen LogP contribution is 2.08. The molecule has 1 rings (SSSR count). The van der Waals surface area contributed by atoms with E-state index in [4.69, 9.17) is 0 Å². The van der Waals surface area contributed by atoms with Crippen molar-refractivity contribution < 1.29 is 9.59 Å². The molecule has 0 bridgehead atoms.